The van der Waals surface area contributed by atoms with Crippen LogP contribution in [0.15, 0.2) is 76.1 Å². The van der Waals surface area contributed by atoms with Crippen molar-refractivity contribution < 1.29 is 22.7 Å². The number of nitrogens with one attached hydrogen (secondary N) is 1. The predicted molar refractivity (Wildman–Crippen MR) is 165 cm³/mol. The van der Waals surface area contributed by atoms with Gasteiger partial charge in [-0.25, -0.2) is 8.42 Å². The number of sulfonamides is 1. The molecule has 41 heavy (non-hydrogen) atoms. The first kappa shape index (κ1) is 32.1. The predicted octanol–water partition coefficient (Wildman–Crippen LogP) is 5.60. The van der Waals surface area contributed by atoms with Gasteiger partial charge in [-0.3, -0.25) is 13.9 Å². The summed E-state index contributed by atoms with van der Waals surface area (Å²) in [5.74, 6) is -0.368. The number of ether oxygens (including phenoxy) is 1. The normalized spacial score (nSPS) is 12.4. The molecule has 3 rings (SSSR count). The van der Waals surface area contributed by atoms with Crippen LogP contribution in [-0.4, -0.2) is 50.4 Å². The summed E-state index contributed by atoms with van der Waals surface area (Å²) in [6, 6.07) is 18.1. The van der Waals surface area contributed by atoms with Crippen LogP contribution < -0.4 is 14.4 Å². The monoisotopic (exact) mass is 643 g/mol. The minimum Gasteiger partial charge on any atom is -0.496 e. The van der Waals surface area contributed by atoms with E-state index in [1.165, 1.54) is 24.1 Å². The fraction of sp³-hybridized carbons (Fsp3) is 0.355. The Kier molecular flexibility index (Phi) is 10.3. The smallest absolute Gasteiger partial charge is 0.264 e. The Bertz CT molecular complexity index is 1500. The minimum absolute atomic E-state index is 0.0118. The van der Waals surface area contributed by atoms with Gasteiger partial charge in [0.1, 0.15) is 18.3 Å². The van der Waals surface area contributed by atoms with E-state index in [0.29, 0.717) is 15.9 Å². The van der Waals surface area contributed by atoms with Crippen molar-refractivity contribution in [1.29, 1.82) is 0 Å². The minimum atomic E-state index is -4.20. The molecule has 0 aromatic heterocycles. The van der Waals surface area contributed by atoms with E-state index in [1.54, 1.807) is 37.3 Å². The van der Waals surface area contributed by atoms with Crippen LogP contribution in [0, 0.1) is 13.8 Å². The summed E-state index contributed by atoms with van der Waals surface area (Å²) in [7, 11) is -2.71. The second-order valence-corrected chi connectivity index (χ2v) is 13.8. The van der Waals surface area contributed by atoms with Crippen molar-refractivity contribution in [3.63, 3.8) is 0 Å². The van der Waals surface area contributed by atoms with Crippen molar-refractivity contribution in [3.8, 4) is 5.75 Å². The molecule has 2 amide bonds. The third-order valence-corrected chi connectivity index (χ3v) is 8.80. The Balaban J connectivity index is 2.06. The molecule has 0 heterocycles. The summed E-state index contributed by atoms with van der Waals surface area (Å²) in [4.78, 5) is 28.7. The van der Waals surface area contributed by atoms with Gasteiger partial charge in [-0.1, -0.05) is 47.5 Å². The van der Waals surface area contributed by atoms with Gasteiger partial charge in [0.2, 0.25) is 11.8 Å². The second-order valence-electron chi connectivity index (χ2n) is 11.1. The maximum absolute atomic E-state index is 14.1. The Hall–Kier alpha value is -3.37. The third-order valence-electron chi connectivity index (χ3n) is 6.41. The molecule has 0 aliphatic carbocycles. The summed E-state index contributed by atoms with van der Waals surface area (Å²) in [6.07, 6.45) is 0. The highest BCUT2D eigenvalue weighted by molar-refractivity contribution is 9.10. The van der Waals surface area contributed by atoms with E-state index < -0.39 is 34.1 Å². The van der Waals surface area contributed by atoms with E-state index >= 15 is 0 Å². The number of halogens is 1. The van der Waals surface area contributed by atoms with Gasteiger partial charge in [-0.15, -0.1) is 0 Å². The first-order valence-corrected chi connectivity index (χ1v) is 15.5. The van der Waals surface area contributed by atoms with Crippen LogP contribution >= 0.6 is 15.9 Å². The lowest BCUT2D eigenvalue weighted by molar-refractivity contribution is -0.140. The van der Waals surface area contributed by atoms with E-state index in [2.05, 4.69) is 21.2 Å². The number of amides is 2. The van der Waals surface area contributed by atoms with E-state index in [0.717, 1.165) is 21.0 Å². The van der Waals surface area contributed by atoms with Crippen LogP contribution in [-0.2, 0) is 26.2 Å². The SMILES string of the molecule is COc1ccc(S(=O)(=O)N(CC(=O)N(Cc2cccc(C)c2)C(C)C(=O)NC(C)(C)C)c2ccc(C)cc2)cc1Br. The van der Waals surface area contributed by atoms with Crippen molar-refractivity contribution in [3.05, 3.63) is 87.9 Å². The zero-order valence-electron chi connectivity index (χ0n) is 24.6. The van der Waals surface area contributed by atoms with Crippen molar-refractivity contribution in [2.75, 3.05) is 18.0 Å². The maximum Gasteiger partial charge on any atom is 0.264 e. The standard InChI is InChI=1S/C31H38BrN3O5S/c1-21-11-13-25(14-12-21)35(41(38,39)26-15-16-28(40-7)27(32)18-26)20-29(36)34(19-24-10-8-9-22(2)17-24)23(3)30(37)33-31(4,5)6/h8-18,23H,19-20H2,1-7H3,(H,33,37). The molecule has 0 radical (unpaired) electrons. The number of rotatable bonds is 10. The third kappa shape index (κ3) is 8.33. The number of benzene rings is 3. The van der Waals surface area contributed by atoms with Crippen LogP contribution in [0.25, 0.3) is 0 Å². The van der Waals surface area contributed by atoms with Crippen LogP contribution in [0.1, 0.15) is 44.4 Å². The fourth-order valence-corrected chi connectivity index (χ4v) is 6.37. The molecule has 0 saturated heterocycles. The van der Waals surface area contributed by atoms with Crippen LogP contribution in [0.5, 0.6) is 5.75 Å². The lowest BCUT2D eigenvalue weighted by atomic mass is 10.1. The van der Waals surface area contributed by atoms with E-state index in [9.17, 15) is 18.0 Å². The maximum atomic E-state index is 14.1. The van der Waals surface area contributed by atoms with Gasteiger partial charge < -0.3 is 15.0 Å². The average Bonchev–Trinajstić information content (AvgIpc) is 2.89. The molecule has 220 valence electrons. The van der Waals surface area contributed by atoms with Crippen molar-refractivity contribution in [2.24, 2.45) is 0 Å². The number of carbonyl (C=O) groups excluding carboxylic acids is 2. The van der Waals surface area contributed by atoms with E-state index in [1.807, 2.05) is 58.9 Å². The quantitative estimate of drug-likeness (QED) is 0.310. The van der Waals surface area contributed by atoms with Gasteiger partial charge in [-0.05, 0) is 93.4 Å². The second kappa shape index (κ2) is 13.1. The molecule has 3 aromatic rings. The first-order valence-electron chi connectivity index (χ1n) is 13.2. The number of nitrogens with zero attached hydrogens (tertiary/aromatic N) is 2. The summed E-state index contributed by atoms with van der Waals surface area (Å²) in [5.41, 5.74) is 2.60. The Morgan fingerprint density at radius 1 is 0.976 bits per heavy atom. The molecule has 1 atom stereocenters. The topological polar surface area (TPSA) is 96.0 Å². The van der Waals surface area contributed by atoms with E-state index in [4.69, 9.17) is 4.74 Å². The van der Waals surface area contributed by atoms with Gasteiger partial charge >= 0.3 is 0 Å². The lowest BCUT2D eigenvalue weighted by Gasteiger charge is -2.33. The lowest BCUT2D eigenvalue weighted by Crippen LogP contribution is -2.54. The molecule has 1 unspecified atom stereocenters. The summed E-state index contributed by atoms with van der Waals surface area (Å²) < 4.78 is 34.9. The molecule has 0 aliphatic rings. The van der Waals surface area contributed by atoms with Gasteiger partial charge in [0.15, 0.2) is 0 Å². The summed E-state index contributed by atoms with van der Waals surface area (Å²) >= 11 is 3.36. The molecule has 0 spiro atoms. The Morgan fingerprint density at radius 2 is 1.63 bits per heavy atom. The number of hydrogen-bond acceptors (Lipinski definition) is 5. The zero-order chi connectivity index (χ0) is 30.5. The van der Waals surface area contributed by atoms with Gasteiger partial charge in [-0.2, -0.15) is 0 Å². The summed E-state index contributed by atoms with van der Waals surface area (Å²) in [6.45, 7) is 10.7. The number of hydrogen-bond donors (Lipinski definition) is 1. The molecule has 8 nitrogen and oxygen atoms in total. The number of aryl methyl sites for hydroxylation is 2. The largest absolute Gasteiger partial charge is 0.496 e. The molecule has 3 aromatic carbocycles. The average molecular weight is 645 g/mol. The van der Waals surface area contributed by atoms with Crippen LogP contribution in [0.3, 0.4) is 0 Å². The molecule has 0 saturated carbocycles. The van der Waals surface area contributed by atoms with Crippen molar-refractivity contribution in [1.82, 2.24) is 10.2 Å². The summed E-state index contributed by atoms with van der Waals surface area (Å²) in [5, 5.41) is 2.93. The Labute approximate surface area is 251 Å². The molecule has 1 N–H and O–H groups in total. The molecular weight excluding hydrogens is 606 g/mol. The highest BCUT2D eigenvalue weighted by Crippen LogP contribution is 2.31. The number of methoxy groups -OCH3 is 1. The highest BCUT2D eigenvalue weighted by Gasteiger charge is 2.33. The van der Waals surface area contributed by atoms with Gasteiger partial charge in [0, 0.05) is 12.1 Å². The van der Waals surface area contributed by atoms with Gasteiger partial charge in [0.25, 0.3) is 10.0 Å². The van der Waals surface area contributed by atoms with Crippen LogP contribution in [0.4, 0.5) is 5.69 Å². The molecular formula is C31H38BrN3O5S. The van der Waals surface area contributed by atoms with Crippen molar-refractivity contribution >= 4 is 43.5 Å². The van der Waals surface area contributed by atoms with Crippen LogP contribution in [0.2, 0.25) is 0 Å². The molecule has 10 heteroatoms. The number of carbonyl (C=O) groups is 2. The fourth-order valence-electron chi connectivity index (χ4n) is 4.24. The van der Waals surface area contributed by atoms with E-state index in [-0.39, 0.29) is 17.3 Å². The number of anilines is 1. The van der Waals surface area contributed by atoms with Gasteiger partial charge in [0.05, 0.1) is 22.2 Å². The Morgan fingerprint density at radius 3 is 2.20 bits per heavy atom. The first-order chi connectivity index (χ1) is 19.1. The zero-order valence-corrected chi connectivity index (χ0v) is 27.0. The molecule has 0 fully saturated rings. The molecule has 0 bridgehead atoms. The molecule has 0 aliphatic heterocycles. The van der Waals surface area contributed by atoms with Crippen molar-refractivity contribution in [2.45, 2.75) is 64.6 Å². The highest BCUT2D eigenvalue weighted by atomic mass is 79.9.